The van der Waals surface area contributed by atoms with Crippen LogP contribution in [0.5, 0.6) is 0 Å². The Labute approximate surface area is 281 Å². The highest BCUT2D eigenvalue weighted by Crippen LogP contribution is 2.34. The molecule has 4 N–H and O–H groups in total. The summed E-state index contributed by atoms with van der Waals surface area (Å²) in [5.41, 5.74) is 9.82. The van der Waals surface area contributed by atoms with Gasteiger partial charge in [-0.2, -0.15) is 0 Å². The highest BCUT2D eigenvalue weighted by Gasteiger charge is 2.21. The number of rotatable bonds is 8. The molecule has 246 valence electrons. The molecule has 0 bridgehead atoms. The molecule has 48 heavy (non-hydrogen) atoms. The molecule has 6 heterocycles. The smallest absolute Gasteiger partial charge is 0.147 e. The molecule has 8 heteroatoms. The number of H-pyrrole nitrogens is 2. The first-order valence-corrected chi connectivity index (χ1v) is 16.9. The van der Waals surface area contributed by atoms with Crippen LogP contribution in [0.4, 0.5) is 0 Å². The predicted octanol–water partition coefficient (Wildman–Crippen LogP) is 8.27. The van der Waals surface area contributed by atoms with Crippen molar-refractivity contribution in [1.82, 2.24) is 19.8 Å². The van der Waals surface area contributed by atoms with Gasteiger partial charge in [-0.3, -0.25) is 0 Å². The molecular weight excluding hydrogens is 596 g/mol. The molecule has 2 aliphatic rings. The van der Waals surface area contributed by atoms with Crippen molar-refractivity contribution < 1.29 is 8.83 Å². The van der Waals surface area contributed by atoms with Crippen LogP contribution in [-0.2, 0) is 12.8 Å². The average Bonchev–Trinajstić information content (AvgIpc) is 3.93. The van der Waals surface area contributed by atoms with Crippen molar-refractivity contribution in [3.05, 3.63) is 125 Å². The molecule has 1 fully saturated rings. The van der Waals surface area contributed by atoms with Gasteiger partial charge >= 0.3 is 0 Å². The molecule has 0 spiro atoms. The molecule has 0 amide bonds. The van der Waals surface area contributed by atoms with Crippen LogP contribution in [0.3, 0.4) is 0 Å². The lowest BCUT2D eigenvalue weighted by Gasteiger charge is -2.28. The van der Waals surface area contributed by atoms with Crippen molar-refractivity contribution in [1.29, 1.82) is 10.8 Å². The van der Waals surface area contributed by atoms with E-state index in [0.29, 0.717) is 41.7 Å². The number of nitrogens with one attached hydrogen (secondary N) is 4. The van der Waals surface area contributed by atoms with Gasteiger partial charge in [0.25, 0.3) is 0 Å². The fraction of sp³-hybridized carbons (Fsp3) is 0.300. The topological polar surface area (TPSA) is 112 Å². The van der Waals surface area contributed by atoms with Crippen LogP contribution in [0, 0.1) is 10.8 Å². The average molecular weight is 641 g/mol. The molecule has 0 atom stereocenters. The molecule has 0 aliphatic carbocycles. The summed E-state index contributed by atoms with van der Waals surface area (Å²) in [7, 11) is 4.35. The highest BCUT2D eigenvalue weighted by molar-refractivity contribution is 5.99. The summed E-state index contributed by atoms with van der Waals surface area (Å²) in [5, 5.41) is 19.0. The van der Waals surface area contributed by atoms with Gasteiger partial charge in [0.1, 0.15) is 11.5 Å². The van der Waals surface area contributed by atoms with E-state index in [2.05, 4.69) is 88.7 Å². The number of hydrogen-bond donors (Lipinski definition) is 4. The number of likely N-dealkylation sites (tertiary alicyclic amines) is 1. The van der Waals surface area contributed by atoms with Crippen molar-refractivity contribution in [2.45, 2.75) is 38.0 Å². The summed E-state index contributed by atoms with van der Waals surface area (Å²) in [6, 6.07) is 20.2. The molecule has 1 saturated heterocycles. The number of nitrogens with zero attached hydrogens (tertiary/aromatic N) is 2. The Morgan fingerprint density at radius 2 is 1.35 bits per heavy atom. The fourth-order valence-corrected chi connectivity index (χ4v) is 7.00. The number of piperidine rings is 1. The Hall–Kier alpha value is -4.92. The van der Waals surface area contributed by atoms with Gasteiger partial charge < -0.3 is 39.4 Å². The van der Waals surface area contributed by atoms with Gasteiger partial charge in [-0.05, 0) is 123 Å². The third-order valence-corrected chi connectivity index (χ3v) is 9.84. The van der Waals surface area contributed by atoms with Gasteiger partial charge in [0, 0.05) is 65.7 Å². The van der Waals surface area contributed by atoms with Crippen molar-refractivity contribution >= 4 is 38.8 Å². The standard InChI is InChI=1S/C20H23N3O.C20H21N3O/c2*1-23-8-6-15(7-9-23)17-13-22-19-5-4-14(11-16(17)19)12-18(21)20-3-2-10-24-20/h2-5,10-11,13,15,21-22H,6-9,12H2,1H3;2-6,10-11,13,21-22H,7-9,12H2,1H3. The van der Waals surface area contributed by atoms with Crippen LogP contribution in [0.1, 0.15) is 59.0 Å². The minimum Gasteiger partial charge on any atom is -0.463 e. The zero-order chi connectivity index (χ0) is 33.0. The lowest BCUT2D eigenvalue weighted by Crippen LogP contribution is -2.29. The largest absolute Gasteiger partial charge is 0.463 e. The lowest BCUT2D eigenvalue weighted by atomic mass is 9.89. The van der Waals surface area contributed by atoms with Crippen molar-refractivity contribution in [3.63, 3.8) is 0 Å². The van der Waals surface area contributed by atoms with Gasteiger partial charge in [-0.1, -0.05) is 18.2 Å². The number of fused-ring (bicyclic) bond motifs is 2. The van der Waals surface area contributed by atoms with E-state index < -0.39 is 0 Å². The van der Waals surface area contributed by atoms with E-state index >= 15 is 0 Å². The normalized spacial score (nSPS) is 16.2. The highest BCUT2D eigenvalue weighted by atomic mass is 16.3. The molecule has 0 unspecified atom stereocenters. The number of benzene rings is 2. The van der Waals surface area contributed by atoms with Gasteiger partial charge in [0.2, 0.25) is 0 Å². The van der Waals surface area contributed by atoms with Gasteiger partial charge in [-0.25, -0.2) is 0 Å². The van der Waals surface area contributed by atoms with Crippen LogP contribution in [-0.4, -0.2) is 71.5 Å². The molecular formula is C40H44N6O2. The number of aromatic amines is 2. The van der Waals surface area contributed by atoms with E-state index in [9.17, 15) is 0 Å². The number of hydrogen-bond acceptors (Lipinski definition) is 6. The first-order valence-electron chi connectivity index (χ1n) is 16.9. The summed E-state index contributed by atoms with van der Waals surface area (Å²) in [6.45, 7) is 4.44. The zero-order valence-corrected chi connectivity index (χ0v) is 27.8. The minimum absolute atomic E-state index is 0.509. The van der Waals surface area contributed by atoms with Crippen LogP contribution >= 0.6 is 0 Å². The number of aromatic nitrogens is 2. The van der Waals surface area contributed by atoms with E-state index in [1.54, 1.807) is 12.5 Å². The second kappa shape index (κ2) is 14.1. The van der Waals surface area contributed by atoms with E-state index in [-0.39, 0.29) is 0 Å². The monoisotopic (exact) mass is 640 g/mol. The number of likely N-dealkylation sites (N-methyl/N-ethyl adjacent to an activating group) is 1. The Kier molecular flexibility index (Phi) is 9.27. The Morgan fingerprint density at radius 1 is 0.750 bits per heavy atom. The van der Waals surface area contributed by atoms with E-state index in [1.165, 1.54) is 58.9 Å². The first-order chi connectivity index (χ1) is 23.4. The predicted molar refractivity (Wildman–Crippen MR) is 195 cm³/mol. The van der Waals surface area contributed by atoms with Gasteiger partial charge in [-0.15, -0.1) is 0 Å². The van der Waals surface area contributed by atoms with E-state index in [0.717, 1.165) is 36.2 Å². The van der Waals surface area contributed by atoms with E-state index in [1.807, 2.05) is 24.3 Å². The minimum atomic E-state index is 0.509. The van der Waals surface area contributed by atoms with Crippen LogP contribution in [0.2, 0.25) is 0 Å². The van der Waals surface area contributed by atoms with Crippen LogP contribution < -0.4 is 0 Å². The molecule has 8 rings (SSSR count). The second-order valence-electron chi connectivity index (χ2n) is 13.3. The lowest BCUT2D eigenvalue weighted by molar-refractivity contribution is 0.256. The van der Waals surface area contributed by atoms with Crippen molar-refractivity contribution in [2.24, 2.45) is 0 Å². The van der Waals surface area contributed by atoms with Crippen LogP contribution in [0.25, 0.3) is 27.4 Å². The molecule has 8 nitrogen and oxygen atoms in total. The third kappa shape index (κ3) is 7.00. The van der Waals surface area contributed by atoms with E-state index in [4.69, 9.17) is 19.7 Å². The Bertz CT molecular complexity index is 2040. The van der Waals surface area contributed by atoms with Crippen molar-refractivity contribution in [3.8, 4) is 0 Å². The number of furan rings is 2. The summed E-state index contributed by atoms with van der Waals surface area (Å²) in [6.07, 6.45) is 14.6. The third-order valence-electron chi connectivity index (χ3n) is 9.84. The quantitative estimate of drug-likeness (QED) is 0.126. The van der Waals surface area contributed by atoms with Gasteiger partial charge in [0.15, 0.2) is 0 Å². The maximum atomic E-state index is 8.22. The Balaban J connectivity index is 0.000000152. The maximum Gasteiger partial charge on any atom is 0.147 e. The first kappa shape index (κ1) is 31.7. The molecule has 0 radical (unpaired) electrons. The summed E-state index contributed by atoms with van der Waals surface area (Å²) >= 11 is 0. The summed E-state index contributed by atoms with van der Waals surface area (Å²) in [5.74, 6) is 1.93. The maximum absolute atomic E-state index is 8.22. The fourth-order valence-electron chi connectivity index (χ4n) is 7.00. The van der Waals surface area contributed by atoms with Gasteiger partial charge in [0.05, 0.1) is 23.9 Å². The molecule has 2 aliphatic heterocycles. The SMILES string of the molecule is CN1CC=C(c2c[nH]c3ccc(CC(=N)c4ccco4)cc23)CC1.CN1CCC(c2c[nH]c3ccc(CC(=N)c4ccco4)cc23)CC1. The summed E-state index contributed by atoms with van der Waals surface area (Å²) in [4.78, 5) is 11.5. The summed E-state index contributed by atoms with van der Waals surface area (Å²) < 4.78 is 10.7. The molecule has 2 aromatic carbocycles. The molecule has 4 aromatic heterocycles. The molecule has 0 saturated carbocycles. The second-order valence-corrected chi connectivity index (χ2v) is 13.3. The molecule has 6 aromatic rings. The van der Waals surface area contributed by atoms with Crippen molar-refractivity contribution in [2.75, 3.05) is 40.3 Å². The van der Waals surface area contributed by atoms with Crippen LogP contribution in [0.15, 0.2) is 100 Å². The zero-order valence-electron chi connectivity index (χ0n) is 27.8. The Morgan fingerprint density at radius 3 is 1.94 bits per heavy atom.